The molecule has 3 heteroatoms. The van der Waals surface area contributed by atoms with Gasteiger partial charge in [-0.1, -0.05) is 37.3 Å². The van der Waals surface area contributed by atoms with Gasteiger partial charge in [0, 0.05) is 10.3 Å². The first-order valence-corrected chi connectivity index (χ1v) is 6.49. The molecule has 17 heavy (non-hydrogen) atoms. The first-order chi connectivity index (χ1) is 8.38. The van der Waals surface area contributed by atoms with Crippen LogP contribution in [0.5, 0.6) is 0 Å². The SMILES string of the molecule is CCc1ncnc2sc(-c3ccccc3)cc12. The van der Waals surface area contributed by atoms with Crippen LogP contribution in [0, 0.1) is 0 Å². The molecule has 84 valence electrons. The van der Waals surface area contributed by atoms with Crippen LogP contribution in [0.2, 0.25) is 0 Å². The molecule has 3 rings (SSSR count). The summed E-state index contributed by atoms with van der Waals surface area (Å²) in [7, 11) is 0. The van der Waals surface area contributed by atoms with Crippen LogP contribution in [-0.2, 0) is 6.42 Å². The average molecular weight is 240 g/mol. The highest BCUT2D eigenvalue weighted by molar-refractivity contribution is 7.21. The van der Waals surface area contributed by atoms with Gasteiger partial charge in [-0.15, -0.1) is 11.3 Å². The molecule has 0 radical (unpaired) electrons. The van der Waals surface area contributed by atoms with Gasteiger partial charge in [-0.25, -0.2) is 9.97 Å². The number of thiophene rings is 1. The molecular formula is C14H12N2S. The first kappa shape index (κ1) is 10.4. The molecule has 0 atom stereocenters. The Morgan fingerprint density at radius 3 is 2.71 bits per heavy atom. The summed E-state index contributed by atoms with van der Waals surface area (Å²) in [4.78, 5) is 11.0. The summed E-state index contributed by atoms with van der Waals surface area (Å²) in [5, 5.41) is 1.19. The second-order valence-corrected chi connectivity index (χ2v) is 4.90. The van der Waals surface area contributed by atoms with E-state index in [9.17, 15) is 0 Å². The van der Waals surface area contributed by atoms with Gasteiger partial charge in [-0.3, -0.25) is 0 Å². The van der Waals surface area contributed by atoms with E-state index in [0.29, 0.717) is 0 Å². The third kappa shape index (κ3) is 1.83. The van der Waals surface area contributed by atoms with Gasteiger partial charge in [0.1, 0.15) is 11.2 Å². The minimum atomic E-state index is 0.948. The lowest BCUT2D eigenvalue weighted by Crippen LogP contribution is -1.87. The van der Waals surface area contributed by atoms with E-state index >= 15 is 0 Å². The molecular weight excluding hydrogens is 228 g/mol. The zero-order valence-electron chi connectivity index (χ0n) is 9.55. The van der Waals surface area contributed by atoms with E-state index in [0.717, 1.165) is 16.9 Å². The summed E-state index contributed by atoms with van der Waals surface area (Å²) in [5.41, 5.74) is 2.38. The second kappa shape index (κ2) is 4.26. The topological polar surface area (TPSA) is 25.8 Å². The van der Waals surface area contributed by atoms with Gasteiger partial charge < -0.3 is 0 Å². The molecule has 0 saturated heterocycles. The zero-order chi connectivity index (χ0) is 11.7. The largest absolute Gasteiger partial charge is 0.241 e. The highest BCUT2D eigenvalue weighted by Crippen LogP contribution is 2.33. The summed E-state index contributed by atoms with van der Waals surface area (Å²) in [6, 6.07) is 12.6. The lowest BCUT2D eigenvalue weighted by atomic mass is 10.1. The van der Waals surface area contributed by atoms with Gasteiger partial charge in [-0.2, -0.15) is 0 Å². The minimum Gasteiger partial charge on any atom is -0.241 e. The fraction of sp³-hybridized carbons (Fsp3) is 0.143. The maximum atomic E-state index is 4.34. The van der Waals surface area contributed by atoms with Crippen molar-refractivity contribution in [3.63, 3.8) is 0 Å². The summed E-state index contributed by atoms with van der Waals surface area (Å²) >= 11 is 1.73. The second-order valence-electron chi connectivity index (χ2n) is 3.87. The molecule has 0 N–H and O–H groups in total. The Balaban J connectivity index is 2.20. The molecule has 2 heterocycles. The molecule has 2 aromatic heterocycles. The van der Waals surface area contributed by atoms with Crippen molar-refractivity contribution >= 4 is 21.6 Å². The number of hydrogen-bond acceptors (Lipinski definition) is 3. The molecule has 0 saturated carbocycles. The van der Waals surface area contributed by atoms with Crippen molar-refractivity contribution in [1.29, 1.82) is 0 Å². The van der Waals surface area contributed by atoms with Crippen molar-refractivity contribution in [3.05, 3.63) is 48.4 Å². The summed E-state index contributed by atoms with van der Waals surface area (Å²) < 4.78 is 0. The highest BCUT2D eigenvalue weighted by Gasteiger charge is 2.08. The molecule has 0 amide bonds. The van der Waals surface area contributed by atoms with E-state index in [1.54, 1.807) is 17.7 Å². The van der Waals surface area contributed by atoms with Crippen LogP contribution in [0.4, 0.5) is 0 Å². The molecule has 0 spiro atoms. The summed E-state index contributed by atoms with van der Waals surface area (Å²) in [6.07, 6.45) is 2.61. The fourth-order valence-corrected chi connectivity index (χ4v) is 2.96. The highest BCUT2D eigenvalue weighted by atomic mass is 32.1. The Bertz CT molecular complexity index is 644. The molecule has 0 unspecified atom stereocenters. The quantitative estimate of drug-likeness (QED) is 0.678. The van der Waals surface area contributed by atoms with E-state index in [1.165, 1.54) is 15.8 Å². The third-order valence-corrected chi connectivity index (χ3v) is 3.90. The van der Waals surface area contributed by atoms with E-state index in [4.69, 9.17) is 0 Å². The molecule has 2 nitrogen and oxygen atoms in total. The van der Waals surface area contributed by atoms with Crippen molar-refractivity contribution < 1.29 is 0 Å². The van der Waals surface area contributed by atoms with Crippen molar-refractivity contribution in [1.82, 2.24) is 9.97 Å². The van der Waals surface area contributed by atoms with E-state index in [2.05, 4.69) is 47.2 Å². The van der Waals surface area contributed by atoms with Crippen LogP contribution >= 0.6 is 11.3 Å². The molecule has 0 bridgehead atoms. The lowest BCUT2D eigenvalue weighted by molar-refractivity contribution is 1.03. The number of fused-ring (bicyclic) bond motifs is 1. The summed E-state index contributed by atoms with van der Waals surface area (Å²) in [6.45, 7) is 2.13. The predicted molar refractivity (Wildman–Crippen MR) is 72.2 cm³/mol. The molecule has 0 aliphatic heterocycles. The number of hydrogen-bond donors (Lipinski definition) is 0. The fourth-order valence-electron chi connectivity index (χ4n) is 1.93. The Kier molecular flexibility index (Phi) is 2.61. The number of benzene rings is 1. The minimum absolute atomic E-state index is 0.948. The smallest absolute Gasteiger partial charge is 0.127 e. The maximum Gasteiger partial charge on any atom is 0.127 e. The number of rotatable bonds is 2. The number of aromatic nitrogens is 2. The van der Waals surface area contributed by atoms with Crippen LogP contribution in [-0.4, -0.2) is 9.97 Å². The Morgan fingerprint density at radius 2 is 1.94 bits per heavy atom. The standard InChI is InChI=1S/C14H12N2S/c1-2-12-11-8-13(10-6-4-3-5-7-10)17-14(11)16-9-15-12/h3-9H,2H2,1H3. The van der Waals surface area contributed by atoms with E-state index in [1.807, 2.05) is 6.07 Å². The van der Waals surface area contributed by atoms with Crippen molar-refractivity contribution in [3.8, 4) is 10.4 Å². The zero-order valence-corrected chi connectivity index (χ0v) is 10.4. The van der Waals surface area contributed by atoms with Gasteiger partial charge in [-0.05, 0) is 18.1 Å². The van der Waals surface area contributed by atoms with Crippen LogP contribution in [0.1, 0.15) is 12.6 Å². The molecule has 0 aliphatic rings. The van der Waals surface area contributed by atoms with Crippen LogP contribution in [0.15, 0.2) is 42.7 Å². The predicted octanol–water partition coefficient (Wildman–Crippen LogP) is 3.92. The van der Waals surface area contributed by atoms with Crippen LogP contribution < -0.4 is 0 Å². The number of nitrogens with zero attached hydrogens (tertiary/aromatic N) is 2. The lowest BCUT2D eigenvalue weighted by Gasteiger charge is -1.95. The van der Waals surface area contributed by atoms with Crippen molar-refractivity contribution in [2.75, 3.05) is 0 Å². The average Bonchev–Trinajstić information content (AvgIpc) is 2.83. The van der Waals surface area contributed by atoms with Crippen molar-refractivity contribution in [2.24, 2.45) is 0 Å². The first-order valence-electron chi connectivity index (χ1n) is 5.67. The molecule has 1 aromatic carbocycles. The van der Waals surface area contributed by atoms with Gasteiger partial charge in [0.15, 0.2) is 0 Å². The maximum absolute atomic E-state index is 4.34. The Hall–Kier alpha value is -1.74. The van der Waals surface area contributed by atoms with Crippen LogP contribution in [0.25, 0.3) is 20.7 Å². The molecule has 3 aromatic rings. The van der Waals surface area contributed by atoms with Gasteiger partial charge in [0.25, 0.3) is 0 Å². The van der Waals surface area contributed by atoms with Crippen molar-refractivity contribution in [2.45, 2.75) is 13.3 Å². The molecule has 0 aliphatic carbocycles. The summed E-state index contributed by atoms with van der Waals surface area (Å²) in [5.74, 6) is 0. The number of aryl methyl sites for hydroxylation is 1. The Morgan fingerprint density at radius 1 is 1.12 bits per heavy atom. The molecule has 0 fully saturated rings. The Labute approximate surface area is 104 Å². The van der Waals surface area contributed by atoms with E-state index < -0.39 is 0 Å². The monoisotopic (exact) mass is 240 g/mol. The van der Waals surface area contributed by atoms with Gasteiger partial charge in [0.2, 0.25) is 0 Å². The normalized spacial score (nSPS) is 10.9. The van der Waals surface area contributed by atoms with Gasteiger partial charge >= 0.3 is 0 Å². The van der Waals surface area contributed by atoms with Crippen LogP contribution in [0.3, 0.4) is 0 Å². The van der Waals surface area contributed by atoms with Gasteiger partial charge in [0.05, 0.1) is 5.69 Å². The third-order valence-electron chi connectivity index (χ3n) is 2.81. The van der Waals surface area contributed by atoms with E-state index in [-0.39, 0.29) is 0 Å².